The molecule has 3 heteroatoms. The Morgan fingerprint density at radius 2 is 2.06 bits per heavy atom. The SMILES string of the molecule is CCCCCCCC(=O)N1CCCC(CCN)C1. The first-order valence-electron chi connectivity index (χ1n) is 7.75. The van der Waals surface area contributed by atoms with Crippen molar-refractivity contribution in [3.8, 4) is 0 Å². The molecule has 1 amide bonds. The molecule has 1 atom stereocenters. The molecular formula is C15H30N2O. The van der Waals surface area contributed by atoms with Gasteiger partial charge >= 0.3 is 0 Å². The Kier molecular flexibility index (Phi) is 8.06. The summed E-state index contributed by atoms with van der Waals surface area (Å²) in [6, 6.07) is 0. The molecule has 3 nitrogen and oxygen atoms in total. The number of nitrogens with zero attached hydrogens (tertiary/aromatic N) is 1. The number of carbonyl (C=O) groups excluding carboxylic acids is 1. The number of hydrogen-bond donors (Lipinski definition) is 1. The van der Waals surface area contributed by atoms with Crippen LogP contribution in [0.3, 0.4) is 0 Å². The van der Waals surface area contributed by atoms with Crippen LogP contribution in [0.2, 0.25) is 0 Å². The van der Waals surface area contributed by atoms with Gasteiger partial charge in [0.2, 0.25) is 5.91 Å². The molecule has 1 rings (SSSR count). The maximum absolute atomic E-state index is 12.1. The van der Waals surface area contributed by atoms with Crippen molar-refractivity contribution < 1.29 is 4.79 Å². The number of carbonyl (C=O) groups is 1. The molecule has 0 bridgehead atoms. The number of hydrogen-bond acceptors (Lipinski definition) is 2. The number of unbranched alkanes of at least 4 members (excludes halogenated alkanes) is 4. The Hall–Kier alpha value is -0.570. The summed E-state index contributed by atoms with van der Waals surface area (Å²) < 4.78 is 0. The molecule has 0 aromatic rings. The summed E-state index contributed by atoms with van der Waals surface area (Å²) in [5, 5.41) is 0. The highest BCUT2D eigenvalue weighted by atomic mass is 16.2. The van der Waals surface area contributed by atoms with Crippen LogP contribution in [0.1, 0.15) is 64.7 Å². The van der Waals surface area contributed by atoms with Gasteiger partial charge in [-0.05, 0) is 38.1 Å². The second kappa shape index (κ2) is 9.37. The monoisotopic (exact) mass is 254 g/mol. The van der Waals surface area contributed by atoms with E-state index in [0.29, 0.717) is 11.8 Å². The summed E-state index contributed by atoms with van der Waals surface area (Å²) >= 11 is 0. The van der Waals surface area contributed by atoms with E-state index in [4.69, 9.17) is 5.73 Å². The van der Waals surface area contributed by atoms with Crippen LogP contribution in [0.5, 0.6) is 0 Å². The van der Waals surface area contributed by atoms with Crippen LogP contribution in [0.25, 0.3) is 0 Å². The molecule has 2 N–H and O–H groups in total. The highest BCUT2D eigenvalue weighted by Crippen LogP contribution is 2.20. The number of likely N-dealkylation sites (tertiary alicyclic amines) is 1. The van der Waals surface area contributed by atoms with Crippen molar-refractivity contribution in [2.24, 2.45) is 11.7 Å². The molecule has 0 aliphatic carbocycles. The first kappa shape index (κ1) is 15.5. The lowest BCUT2D eigenvalue weighted by atomic mass is 9.94. The summed E-state index contributed by atoms with van der Waals surface area (Å²) in [6.45, 7) is 4.89. The van der Waals surface area contributed by atoms with Gasteiger partial charge in [0, 0.05) is 19.5 Å². The third kappa shape index (κ3) is 5.85. The van der Waals surface area contributed by atoms with Crippen molar-refractivity contribution in [2.45, 2.75) is 64.7 Å². The lowest BCUT2D eigenvalue weighted by Gasteiger charge is -2.32. The van der Waals surface area contributed by atoms with E-state index in [-0.39, 0.29) is 0 Å². The van der Waals surface area contributed by atoms with Crippen molar-refractivity contribution >= 4 is 5.91 Å². The molecule has 0 radical (unpaired) electrons. The zero-order valence-corrected chi connectivity index (χ0v) is 12.0. The summed E-state index contributed by atoms with van der Waals surface area (Å²) in [4.78, 5) is 14.1. The Labute approximate surface area is 112 Å². The largest absolute Gasteiger partial charge is 0.342 e. The third-order valence-corrected chi connectivity index (χ3v) is 3.94. The van der Waals surface area contributed by atoms with Crippen molar-refractivity contribution in [1.82, 2.24) is 4.90 Å². The van der Waals surface area contributed by atoms with Gasteiger partial charge in [0.25, 0.3) is 0 Å². The fourth-order valence-corrected chi connectivity index (χ4v) is 2.80. The predicted molar refractivity (Wildman–Crippen MR) is 76.4 cm³/mol. The van der Waals surface area contributed by atoms with E-state index in [1.807, 2.05) is 0 Å². The molecule has 1 unspecified atom stereocenters. The zero-order chi connectivity index (χ0) is 13.2. The van der Waals surface area contributed by atoms with Crippen LogP contribution >= 0.6 is 0 Å². The normalized spacial score (nSPS) is 20.1. The number of rotatable bonds is 8. The number of nitrogens with two attached hydrogens (primary N) is 1. The lowest BCUT2D eigenvalue weighted by Crippen LogP contribution is -2.40. The van der Waals surface area contributed by atoms with Crippen LogP contribution in [-0.2, 0) is 4.79 Å². The van der Waals surface area contributed by atoms with Crippen molar-refractivity contribution in [3.63, 3.8) is 0 Å². The van der Waals surface area contributed by atoms with Gasteiger partial charge in [0.15, 0.2) is 0 Å². The zero-order valence-electron chi connectivity index (χ0n) is 12.0. The van der Waals surface area contributed by atoms with Gasteiger partial charge in [-0.1, -0.05) is 32.6 Å². The quantitative estimate of drug-likeness (QED) is 0.677. The molecule has 1 aliphatic rings. The summed E-state index contributed by atoms with van der Waals surface area (Å²) in [6.07, 6.45) is 10.3. The maximum atomic E-state index is 12.1. The fraction of sp³-hybridized carbons (Fsp3) is 0.933. The summed E-state index contributed by atoms with van der Waals surface area (Å²) in [5.41, 5.74) is 5.60. The van der Waals surface area contributed by atoms with Gasteiger partial charge in [0.1, 0.15) is 0 Å². The Morgan fingerprint density at radius 1 is 1.28 bits per heavy atom. The summed E-state index contributed by atoms with van der Waals surface area (Å²) in [7, 11) is 0. The van der Waals surface area contributed by atoms with Gasteiger partial charge in [-0.3, -0.25) is 4.79 Å². The molecule has 0 aromatic heterocycles. The Bertz CT molecular complexity index is 229. The third-order valence-electron chi connectivity index (χ3n) is 3.94. The lowest BCUT2D eigenvalue weighted by molar-refractivity contribution is -0.133. The van der Waals surface area contributed by atoms with Gasteiger partial charge in [-0.2, -0.15) is 0 Å². The molecule has 1 fully saturated rings. The van der Waals surface area contributed by atoms with E-state index in [1.165, 1.54) is 32.1 Å². The fourth-order valence-electron chi connectivity index (χ4n) is 2.80. The predicted octanol–water partition coefficient (Wildman–Crippen LogP) is 2.93. The second-order valence-corrected chi connectivity index (χ2v) is 5.59. The molecule has 1 heterocycles. The second-order valence-electron chi connectivity index (χ2n) is 5.59. The molecule has 0 spiro atoms. The number of piperidine rings is 1. The van der Waals surface area contributed by atoms with Crippen LogP contribution in [0.4, 0.5) is 0 Å². The highest BCUT2D eigenvalue weighted by molar-refractivity contribution is 5.76. The smallest absolute Gasteiger partial charge is 0.222 e. The van der Waals surface area contributed by atoms with Crippen molar-refractivity contribution in [2.75, 3.05) is 19.6 Å². The molecule has 0 saturated carbocycles. The van der Waals surface area contributed by atoms with Crippen LogP contribution in [0.15, 0.2) is 0 Å². The van der Waals surface area contributed by atoms with E-state index < -0.39 is 0 Å². The summed E-state index contributed by atoms with van der Waals surface area (Å²) in [5.74, 6) is 1.01. The number of amides is 1. The van der Waals surface area contributed by atoms with Crippen molar-refractivity contribution in [3.05, 3.63) is 0 Å². The minimum absolute atomic E-state index is 0.369. The topological polar surface area (TPSA) is 46.3 Å². The molecule has 106 valence electrons. The van der Waals surface area contributed by atoms with Gasteiger partial charge in [0.05, 0.1) is 0 Å². The average molecular weight is 254 g/mol. The van der Waals surface area contributed by atoms with E-state index in [2.05, 4.69) is 11.8 Å². The van der Waals surface area contributed by atoms with E-state index in [9.17, 15) is 4.79 Å². The molecular weight excluding hydrogens is 224 g/mol. The van der Waals surface area contributed by atoms with E-state index >= 15 is 0 Å². The molecule has 1 saturated heterocycles. The minimum atomic E-state index is 0.369. The van der Waals surface area contributed by atoms with Crippen molar-refractivity contribution in [1.29, 1.82) is 0 Å². The first-order chi connectivity index (χ1) is 8.77. The first-order valence-corrected chi connectivity index (χ1v) is 7.75. The highest BCUT2D eigenvalue weighted by Gasteiger charge is 2.22. The van der Waals surface area contributed by atoms with E-state index in [0.717, 1.165) is 45.3 Å². The molecule has 0 aromatic carbocycles. The average Bonchev–Trinajstić information content (AvgIpc) is 2.39. The van der Waals surface area contributed by atoms with Gasteiger partial charge in [-0.15, -0.1) is 0 Å². The van der Waals surface area contributed by atoms with Crippen LogP contribution in [-0.4, -0.2) is 30.4 Å². The van der Waals surface area contributed by atoms with Gasteiger partial charge < -0.3 is 10.6 Å². The minimum Gasteiger partial charge on any atom is -0.342 e. The molecule has 1 aliphatic heterocycles. The van der Waals surface area contributed by atoms with Crippen LogP contribution in [0, 0.1) is 5.92 Å². The Balaban J connectivity index is 2.16. The van der Waals surface area contributed by atoms with Gasteiger partial charge in [-0.25, -0.2) is 0 Å². The van der Waals surface area contributed by atoms with Crippen LogP contribution < -0.4 is 5.73 Å². The maximum Gasteiger partial charge on any atom is 0.222 e. The molecule has 18 heavy (non-hydrogen) atoms. The standard InChI is InChI=1S/C15H30N2O/c1-2-3-4-5-6-9-15(18)17-12-7-8-14(13-17)10-11-16/h14H,2-13,16H2,1H3. The van der Waals surface area contributed by atoms with E-state index in [1.54, 1.807) is 0 Å². The Morgan fingerprint density at radius 3 is 2.78 bits per heavy atom.